The van der Waals surface area contributed by atoms with Gasteiger partial charge >= 0.3 is 0 Å². The quantitative estimate of drug-likeness (QED) is 0.464. The fraction of sp³-hybridized carbons (Fsp3) is 0.467. The lowest BCUT2D eigenvalue weighted by Gasteiger charge is -2.37. The van der Waals surface area contributed by atoms with Gasteiger partial charge < -0.3 is 15.1 Å². The van der Waals surface area contributed by atoms with Crippen LogP contribution < -0.4 is 10.2 Å². The van der Waals surface area contributed by atoms with Crippen molar-refractivity contribution in [3.05, 3.63) is 77.4 Å². The Morgan fingerprint density at radius 3 is 2.29 bits per heavy atom. The molecule has 0 atom stereocenters. The minimum Gasteiger partial charge on any atom is -0.357 e. The maximum absolute atomic E-state index is 15.3. The summed E-state index contributed by atoms with van der Waals surface area (Å²) < 4.78 is 53.1. The maximum atomic E-state index is 15.3. The highest BCUT2D eigenvalue weighted by Crippen LogP contribution is 2.27. The Balaban J connectivity index is 0.00000124. The molecule has 0 saturated carbocycles. The molecular formula is C30H39F3N6OS. The van der Waals surface area contributed by atoms with Crippen LogP contribution in [-0.4, -0.2) is 83.6 Å². The summed E-state index contributed by atoms with van der Waals surface area (Å²) in [5.74, 6) is 1.44. The third kappa shape index (κ3) is 8.27. The van der Waals surface area contributed by atoms with E-state index in [9.17, 15) is 13.0 Å². The van der Waals surface area contributed by atoms with Crippen molar-refractivity contribution in [2.24, 2.45) is 10.2 Å². The average Bonchev–Trinajstić information content (AvgIpc) is 3.67. The van der Waals surface area contributed by atoms with Gasteiger partial charge in [0.25, 0.3) is 6.43 Å². The highest BCUT2D eigenvalue weighted by atomic mass is 32.2. The third-order valence-corrected chi connectivity index (χ3v) is 8.60. The van der Waals surface area contributed by atoms with Crippen LogP contribution in [0.5, 0.6) is 0 Å². The number of hydrogen-bond donors (Lipinski definition) is 1. The molecule has 1 N–H and O–H groups in total. The van der Waals surface area contributed by atoms with Crippen LogP contribution >= 0.6 is 0 Å². The first-order chi connectivity index (χ1) is 19.8. The number of alkyl halides is 2. The summed E-state index contributed by atoms with van der Waals surface area (Å²) in [5, 5.41) is 10.1. The van der Waals surface area contributed by atoms with E-state index >= 15 is 4.39 Å². The van der Waals surface area contributed by atoms with Crippen LogP contribution in [0, 0.1) is 5.82 Å². The van der Waals surface area contributed by atoms with E-state index in [1.807, 2.05) is 31.1 Å². The van der Waals surface area contributed by atoms with Gasteiger partial charge in [-0.25, -0.2) is 13.2 Å². The van der Waals surface area contributed by atoms with Gasteiger partial charge in [-0.3, -0.25) is 9.11 Å². The van der Waals surface area contributed by atoms with Gasteiger partial charge in [-0.05, 0) is 63.8 Å². The molecular weight excluding hydrogens is 549 g/mol. The number of benzene rings is 2. The zero-order valence-corrected chi connectivity index (χ0v) is 24.6. The number of halogens is 3. The highest BCUT2D eigenvalue weighted by Gasteiger charge is 2.25. The number of nitrogens with zero attached hydrogens (tertiary/aromatic N) is 5. The van der Waals surface area contributed by atoms with Crippen molar-refractivity contribution in [2.45, 2.75) is 38.8 Å². The predicted octanol–water partition coefficient (Wildman–Crippen LogP) is 4.61. The molecule has 0 aliphatic carbocycles. The van der Waals surface area contributed by atoms with Gasteiger partial charge in [-0.15, -0.1) is 0 Å². The maximum Gasteiger partial charge on any atom is 0.278 e. The summed E-state index contributed by atoms with van der Waals surface area (Å²) in [7, 11) is 2.92. The van der Waals surface area contributed by atoms with Gasteiger partial charge in [0.05, 0.1) is 12.3 Å². The first-order valence-corrected chi connectivity index (χ1v) is 15.4. The second-order valence-electron chi connectivity index (χ2n) is 10.4. The molecule has 2 aromatic rings. The molecule has 0 unspecified atom stereocenters. The molecule has 5 rings (SSSR count). The van der Waals surface area contributed by atoms with E-state index in [2.05, 4.69) is 44.0 Å². The summed E-state index contributed by atoms with van der Waals surface area (Å²) in [4.78, 5) is 6.53. The van der Waals surface area contributed by atoms with Crippen LogP contribution in [0.15, 0.2) is 65.1 Å². The molecule has 2 fully saturated rings. The van der Waals surface area contributed by atoms with Crippen molar-refractivity contribution >= 4 is 27.9 Å². The van der Waals surface area contributed by atoms with E-state index in [1.54, 1.807) is 12.1 Å². The van der Waals surface area contributed by atoms with Gasteiger partial charge in [-0.2, -0.15) is 10.2 Å². The lowest BCUT2D eigenvalue weighted by molar-refractivity contribution is 0.224. The summed E-state index contributed by atoms with van der Waals surface area (Å²) in [6.07, 6.45) is -0.275. The summed E-state index contributed by atoms with van der Waals surface area (Å²) in [6.45, 7) is 8.99. The van der Waals surface area contributed by atoms with Gasteiger partial charge in [0.2, 0.25) is 0 Å². The van der Waals surface area contributed by atoms with Crippen molar-refractivity contribution in [1.29, 1.82) is 0 Å². The van der Waals surface area contributed by atoms with Crippen LogP contribution in [-0.2, 0) is 23.9 Å². The van der Waals surface area contributed by atoms with Crippen molar-refractivity contribution in [1.82, 2.24) is 15.1 Å². The third-order valence-electron chi connectivity index (χ3n) is 7.32. The van der Waals surface area contributed by atoms with E-state index in [0.29, 0.717) is 41.4 Å². The summed E-state index contributed by atoms with van der Waals surface area (Å²) in [5.41, 5.74) is 3.05. The van der Waals surface area contributed by atoms with Crippen molar-refractivity contribution in [3.63, 3.8) is 0 Å². The molecule has 7 nitrogen and oxygen atoms in total. The van der Waals surface area contributed by atoms with Crippen LogP contribution in [0.4, 0.5) is 18.9 Å². The standard InChI is InChI=1S/C28H32F3N5OS.C2H7N/c1-20(35-12-14-38(37)15-13-35)36(24-8-4-21(5-9-24)18-34-10-2-3-11-34)19-23-7-6-22(16-25(23)29)26-17-27(28(30)31)33-32-26;1-3-2/h4-9,16,28H,1-3,10-15,17-19H2;3H,1-2H3. The zero-order valence-electron chi connectivity index (χ0n) is 23.8. The van der Waals surface area contributed by atoms with Crippen molar-refractivity contribution in [2.75, 3.05) is 56.7 Å². The SMILES string of the molecule is C=C(N1CCS(=O)CC1)N(Cc1ccc(C2=NN=C(C(F)F)C2)cc1F)c1ccc(CN2CCCC2)cc1.CNC. The molecule has 3 heterocycles. The number of nitrogens with one attached hydrogen (secondary N) is 1. The van der Waals surface area contributed by atoms with E-state index in [0.717, 1.165) is 31.1 Å². The topological polar surface area (TPSA) is 63.5 Å². The molecule has 0 spiro atoms. The van der Waals surface area contributed by atoms with Crippen molar-refractivity contribution < 1.29 is 17.4 Å². The molecule has 3 aliphatic heterocycles. The second kappa shape index (κ2) is 14.7. The smallest absolute Gasteiger partial charge is 0.278 e. The Kier molecular flexibility index (Phi) is 11.1. The molecule has 11 heteroatoms. The Bertz CT molecular complexity index is 1270. The molecule has 0 bridgehead atoms. The molecule has 41 heavy (non-hydrogen) atoms. The van der Waals surface area contributed by atoms with Crippen LogP contribution in [0.1, 0.15) is 36.0 Å². The molecule has 222 valence electrons. The lowest BCUT2D eigenvalue weighted by atomic mass is 10.0. The zero-order chi connectivity index (χ0) is 29.4. The van der Waals surface area contributed by atoms with Crippen molar-refractivity contribution in [3.8, 4) is 0 Å². The van der Waals surface area contributed by atoms with Crippen LogP contribution in [0.25, 0.3) is 0 Å². The molecule has 2 aromatic carbocycles. The Labute approximate surface area is 243 Å². The second-order valence-corrected chi connectivity index (χ2v) is 12.1. The lowest BCUT2D eigenvalue weighted by Crippen LogP contribution is -2.42. The molecule has 0 aromatic heterocycles. The highest BCUT2D eigenvalue weighted by molar-refractivity contribution is 7.85. The van der Waals surface area contributed by atoms with E-state index < -0.39 is 23.0 Å². The monoisotopic (exact) mass is 588 g/mol. The Hall–Kier alpha value is -3.02. The number of hydrogen-bond acceptors (Lipinski definition) is 7. The molecule has 0 radical (unpaired) electrons. The molecule has 2 saturated heterocycles. The largest absolute Gasteiger partial charge is 0.357 e. The first-order valence-electron chi connectivity index (χ1n) is 14.0. The Morgan fingerprint density at radius 2 is 1.71 bits per heavy atom. The average molecular weight is 589 g/mol. The fourth-order valence-electron chi connectivity index (χ4n) is 5.05. The van der Waals surface area contributed by atoms with Gasteiger partial charge in [0.15, 0.2) is 0 Å². The predicted molar refractivity (Wildman–Crippen MR) is 162 cm³/mol. The van der Waals surface area contributed by atoms with E-state index in [4.69, 9.17) is 0 Å². The van der Waals surface area contributed by atoms with Crippen LogP contribution in [0.3, 0.4) is 0 Å². The van der Waals surface area contributed by atoms with E-state index in [1.165, 1.54) is 24.5 Å². The van der Waals surface area contributed by atoms with Gasteiger partial charge in [0, 0.05) is 65.2 Å². The number of anilines is 1. The molecule has 3 aliphatic rings. The summed E-state index contributed by atoms with van der Waals surface area (Å²) in [6, 6.07) is 13.0. The minimum atomic E-state index is -2.67. The van der Waals surface area contributed by atoms with E-state index in [-0.39, 0.29) is 18.7 Å². The molecule has 0 amide bonds. The number of likely N-dealkylation sites (tertiary alicyclic amines) is 1. The van der Waals surface area contributed by atoms with Crippen LogP contribution in [0.2, 0.25) is 0 Å². The first kappa shape index (κ1) is 30.9. The minimum absolute atomic E-state index is 0.0838. The van der Waals surface area contributed by atoms with Gasteiger partial charge in [-0.1, -0.05) is 30.8 Å². The Morgan fingerprint density at radius 1 is 1.05 bits per heavy atom. The van der Waals surface area contributed by atoms with Gasteiger partial charge in [0.1, 0.15) is 17.3 Å². The summed E-state index contributed by atoms with van der Waals surface area (Å²) >= 11 is 0. The normalized spacial score (nSPS) is 17.8. The number of rotatable bonds is 9. The fourth-order valence-corrected chi connectivity index (χ4v) is 6.10.